The molecule has 0 aliphatic rings. The summed E-state index contributed by atoms with van der Waals surface area (Å²) in [6.07, 6.45) is -22.0. The predicted octanol–water partition coefficient (Wildman–Crippen LogP) is 5.61. The lowest BCUT2D eigenvalue weighted by atomic mass is 9.92. The molecular formula is C18H10F12NO3P-2. The Morgan fingerprint density at radius 1 is 0.600 bits per heavy atom. The van der Waals surface area contributed by atoms with Crippen LogP contribution in [0.2, 0.25) is 0 Å². The Bertz CT molecular complexity index is 992. The second-order valence-corrected chi connectivity index (χ2v) is 8.69. The highest BCUT2D eigenvalue weighted by atomic mass is 31.2. The quantitative estimate of drug-likeness (QED) is 0.369. The van der Waals surface area contributed by atoms with Gasteiger partial charge in [0.1, 0.15) is 0 Å². The van der Waals surface area contributed by atoms with Crippen molar-refractivity contribution in [3.8, 4) is 0 Å². The summed E-state index contributed by atoms with van der Waals surface area (Å²) >= 11 is 0. The minimum Gasteiger partial charge on any atom is -0.799 e. The van der Waals surface area contributed by atoms with Gasteiger partial charge in [0.25, 0.3) is 0 Å². The fourth-order valence-electron chi connectivity index (χ4n) is 3.04. The Hall–Kier alpha value is -2.29. The first kappa shape index (κ1) is 28.9. The van der Waals surface area contributed by atoms with Crippen molar-refractivity contribution in [3.05, 3.63) is 69.8 Å². The van der Waals surface area contributed by atoms with Crippen LogP contribution in [0.25, 0.3) is 0 Å². The second-order valence-electron chi connectivity index (χ2n) is 7.12. The standard InChI is InChI=1S/C18H12F12NO3P/c1-31(35(32,33)34)14(8-2-10(15(19,20)21)6-11(3-8)16(22,23)24)9-4-12(17(25,26)27)7-13(5-9)18(28,29)30/h2-7,14H,1H3,(H2,32,33,34)/p-2. The van der Waals surface area contributed by atoms with Crippen LogP contribution in [0.5, 0.6) is 0 Å². The van der Waals surface area contributed by atoms with E-state index in [2.05, 4.69) is 0 Å². The summed E-state index contributed by atoms with van der Waals surface area (Å²) < 4.78 is 170. The van der Waals surface area contributed by atoms with Crippen LogP contribution in [0.4, 0.5) is 52.7 Å². The maximum Gasteiger partial charge on any atom is 0.416 e. The molecule has 0 fully saturated rings. The van der Waals surface area contributed by atoms with Crippen molar-refractivity contribution in [3.63, 3.8) is 0 Å². The van der Waals surface area contributed by atoms with Crippen LogP contribution < -0.4 is 9.79 Å². The smallest absolute Gasteiger partial charge is 0.416 e. The van der Waals surface area contributed by atoms with E-state index in [1.54, 1.807) is 0 Å². The summed E-state index contributed by atoms with van der Waals surface area (Å²) in [5.74, 6) is 0. The first-order valence-corrected chi connectivity index (χ1v) is 10.3. The van der Waals surface area contributed by atoms with E-state index in [9.17, 15) is 67.0 Å². The van der Waals surface area contributed by atoms with Gasteiger partial charge in [-0.05, 0) is 54.6 Å². The number of hydrogen-bond acceptors (Lipinski definition) is 3. The van der Waals surface area contributed by atoms with Crippen LogP contribution in [0.15, 0.2) is 36.4 Å². The van der Waals surface area contributed by atoms with Crippen LogP contribution in [0.3, 0.4) is 0 Å². The average molecular weight is 547 g/mol. The van der Waals surface area contributed by atoms with Gasteiger partial charge >= 0.3 is 24.7 Å². The van der Waals surface area contributed by atoms with Gasteiger partial charge in [-0.25, -0.2) is 0 Å². The molecule has 2 rings (SSSR count). The third kappa shape index (κ3) is 6.90. The van der Waals surface area contributed by atoms with Crippen LogP contribution >= 0.6 is 7.75 Å². The van der Waals surface area contributed by atoms with Crippen molar-refractivity contribution in [2.45, 2.75) is 30.7 Å². The highest BCUT2D eigenvalue weighted by Crippen LogP contribution is 2.46. The lowest BCUT2D eigenvalue weighted by Crippen LogP contribution is -2.34. The number of nitrogens with zero attached hydrogens (tertiary/aromatic N) is 1. The molecule has 0 heterocycles. The van der Waals surface area contributed by atoms with Gasteiger partial charge in [0.2, 0.25) is 0 Å². The van der Waals surface area contributed by atoms with Crippen molar-refractivity contribution in [2.24, 2.45) is 0 Å². The molecule has 2 aromatic rings. The summed E-state index contributed by atoms with van der Waals surface area (Å²) in [4.78, 5) is 23.1. The Morgan fingerprint density at radius 3 is 1.00 bits per heavy atom. The number of halogens is 12. The van der Waals surface area contributed by atoms with E-state index in [1.165, 1.54) is 0 Å². The Labute approximate surface area is 188 Å². The van der Waals surface area contributed by atoms with E-state index in [0.29, 0.717) is 0 Å². The second kappa shape index (κ2) is 8.98. The molecule has 0 aliphatic heterocycles. The van der Waals surface area contributed by atoms with Gasteiger partial charge in [-0.3, -0.25) is 4.67 Å². The molecule has 0 aliphatic carbocycles. The summed E-state index contributed by atoms with van der Waals surface area (Å²) in [5.41, 5.74) is -10.9. The fraction of sp³-hybridized carbons (Fsp3) is 0.333. The van der Waals surface area contributed by atoms with Gasteiger partial charge in [0.15, 0.2) is 0 Å². The zero-order chi connectivity index (χ0) is 27.4. The molecule has 4 nitrogen and oxygen atoms in total. The third-order valence-electron chi connectivity index (χ3n) is 4.61. The molecule has 0 aromatic heterocycles. The Kier molecular flexibility index (Phi) is 7.43. The maximum atomic E-state index is 13.2. The van der Waals surface area contributed by atoms with Gasteiger partial charge in [0.05, 0.1) is 28.3 Å². The van der Waals surface area contributed by atoms with E-state index in [-0.39, 0.29) is 31.3 Å². The zero-order valence-electron chi connectivity index (χ0n) is 16.7. The largest absolute Gasteiger partial charge is 0.799 e. The van der Waals surface area contributed by atoms with Gasteiger partial charge < -0.3 is 14.4 Å². The van der Waals surface area contributed by atoms with E-state index < -0.39 is 88.7 Å². The van der Waals surface area contributed by atoms with Crippen molar-refractivity contribution < 1.29 is 67.0 Å². The molecule has 0 N–H and O–H groups in total. The molecule has 17 heteroatoms. The van der Waals surface area contributed by atoms with Crippen molar-refractivity contribution in [1.82, 2.24) is 4.67 Å². The minimum absolute atomic E-state index is 0.112. The lowest BCUT2D eigenvalue weighted by molar-refractivity contribution is -0.329. The molecule has 0 amide bonds. The van der Waals surface area contributed by atoms with Crippen LogP contribution in [0, 0.1) is 0 Å². The first-order valence-electron chi connectivity index (χ1n) is 8.76. The Balaban J connectivity index is 3.00. The number of hydrogen-bond donors (Lipinski definition) is 0. The SMILES string of the molecule is CN(C(c1cc(C(F)(F)F)cc(C(F)(F)F)c1)c1cc(C(F)(F)F)cc(C(F)(F)F)c1)P(=O)([O-])[O-]. The van der Waals surface area contributed by atoms with Crippen molar-refractivity contribution in [2.75, 3.05) is 7.05 Å². The molecule has 0 unspecified atom stereocenters. The van der Waals surface area contributed by atoms with Gasteiger partial charge in [0, 0.05) is 7.75 Å². The number of alkyl halides is 12. The molecule has 35 heavy (non-hydrogen) atoms. The highest BCUT2D eigenvalue weighted by Gasteiger charge is 2.41. The molecule has 2 aromatic carbocycles. The minimum atomic E-state index is -6.16. The lowest BCUT2D eigenvalue weighted by Gasteiger charge is -2.44. The first-order chi connectivity index (χ1) is 15.4. The number of rotatable bonds is 4. The molecule has 0 saturated carbocycles. The molecule has 0 spiro atoms. The van der Waals surface area contributed by atoms with E-state index in [4.69, 9.17) is 0 Å². The van der Waals surface area contributed by atoms with Crippen molar-refractivity contribution in [1.29, 1.82) is 0 Å². The summed E-state index contributed by atoms with van der Waals surface area (Å²) in [6.45, 7) is 0. The van der Waals surface area contributed by atoms with Gasteiger partial charge in [-0.1, -0.05) is 0 Å². The monoisotopic (exact) mass is 547 g/mol. The number of benzene rings is 2. The summed E-state index contributed by atoms with van der Waals surface area (Å²) in [6, 6.07) is -3.97. The molecule has 196 valence electrons. The fourth-order valence-corrected chi connectivity index (χ4v) is 3.59. The summed E-state index contributed by atoms with van der Waals surface area (Å²) in [5, 5.41) is 0. The van der Waals surface area contributed by atoms with E-state index >= 15 is 0 Å². The van der Waals surface area contributed by atoms with Crippen molar-refractivity contribution >= 4 is 7.75 Å². The predicted molar refractivity (Wildman–Crippen MR) is 90.1 cm³/mol. The molecule has 0 saturated heterocycles. The van der Waals surface area contributed by atoms with Crippen LogP contribution in [0.1, 0.15) is 39.4 Å². The maximum absolute atomic E-state index is 13.2. The average Bonchev–Trinajstić information content (AvgIpc) is 2.64. The van der Waals surface area contributed by atoms with Crippen LogP contribution in [-0.2, 0) is 29.3 Å². The normalized spacial score (nSPS) is 14.2. The highest BCUT2D eigenvalue weighted by molar-refractivity contribution is 7.46. The molecule has 0 atom stereocenters. The van der Waals surface area contributed by atoms with Gasteiger partial charge in [-0.2, -0.15) is 52.7 Å². The third-order valence-corrected chi connectivity index (χ3v) is 5.62. The Morgan fingerprint density at radius 2 is 0.829 bits per heavy atom. The molecule has 0 radical (unpaired) electrons. The topological polar surface area (TPSA) is 66.4 Å². The van der Waals surface area contributed by atoms with E-state index in [0.717, 1.165) is 0 Å². The summed E-state index contributed by atoms with van der Waals surface area (Å²) in [7, 11) is -5.87. The van der Waals surface area contributed by atoms with Gasteiger partial charge in [-0.15, -0.1) is 0 Å². The van der Waals surface area contributed by atoms with Crippen LogP contribution in [-0.4, -0.2) is 11.7 Å². The zero-order valence-corrected chi connectivity index (χ0v) is 17.6. The van der Waals surface area contributed by atoms with E-state index in [1.807, 2.05) is 0 Å². The molecule has 0 bridgehead atoms. The molecular weight excluding hydrogens is 537 g/mol.